The minimum Gasteiger partial charge on any atom is -0.490 e. The van der Waals surface area contributed by atoms with E-state index in [4.69, 9.17) is 14.7 Å². The Morgan fingerprint density at radius 1 is 1.22 bits per heavy atom. The maximum atomic E-state index is 12.2. The van der Waals surface area contributed by atoms with E-state index in [2.05, 4.69) is 21.2 Å². The number of methoxy groups -OCH3 is 1. The Labute approximate surface area is 143 Å². The fourth-order valence-electron chi connectivity index (χ4n) is 1.83. The van der Waals surface area contributed by atoms with Crippen molar-refractivity contribution in [2.75, 3.05) is 25.6 Å². The summed E-state index contributed by atoms with van der Waals surface area (Å²) in [6, 6.07) is 13.8. The molecule has 0 saturated heterocycles. The largest absolute Gasteiger partial charge is 0.490 e. The minimum absolute atomic E-state index is 0.237. The molecule has 0 radical (unpaired) electrons. The first-order valence-corrected chi connectivity index (χ1v) is 7.66. The molecule has 0 bridgehead atoms. The van der Waals surface area contributed by atoms with Crippen molar-refractivity contribution in [2.45, 2.75) is 0 Å². The number of carbonyl (C=O) groups excluding carboxylic acids is 1. The van der Waals surface area contributed by atoms with E-state index in [9.17, 15) is 4.79 Å². The van der Waals surface area contributed by atoms with Crippen LogP contribution < -0.4 is 10.1 Å². The standard InChI is InChI=1S/C17H15BrN2O3/c1-22-8-9-23-16-7-4-13(10-15(16)18)17(21)20-14-5-2-12(11-19)3-6-14/h2-7,10H,8-9H2,1H3,(H,20,21). The van der Waals surface area contributed by atoms with Crippen molar-refractivity contribution in [1.29, 1.82) is 5.26 Å². The van der Waals surface area contributed by atoms with Gasteiger partial charge in [0.2, 0.25) is 0 Å². The molecule has 6 heteroatoms. The molecule has 0 saturated carbocycles. The van der Waals surface area contributed by atoms with Crippen molar-refractivity contribution in [3.63, 3.8) is 0 Å². The Kier molecular flexibility index (Phi) is 6.15. The van der Waals surface area contributed by atoms with Gasteiger partial charge in [0.1, 0.15) is 12.4 Å². The first kappa shape index (κ1) is 17.0. The third kappa shape index (κ3) is 4.81. The normalized spacial score (nSPS) is 9.96. The number of nitrogens with one attached hydrogen (secondary N) is 1. The molecule has 0 atom stereocenters. The molecule has 0 aliphatic heterocycles. The van der Waals surface area contributed by atoms with E-state index in [0.717, 1.165) is 0 Å². The van der Waals surface area contributed by atoms with Gasteiger partial charge in [-0.2, -0.15) is 5.26 Å². The number of hydrogen-bond acceptors (Lipinski definition) is 4. The van der Waals surface area contributed by atoms with Gasteiger partial charge in [-0.25, -0.2) is 0 Å². The molecule has 118 valence electrons. The van der Waals surface area contributed by atoms with Crippen molar-refractivity contribution >= 4 is 27.5 Å². The highest BCUT2D eigenvalue weighted by molar-refractivity contribution is 9.10. The molecular formula is C17H15BrN2O3. The van der Waals surface area contributed by atoms with Crippen LogP contribution in [0.5, 0.6) is 5.75 Å². The summed E-state index contributed by atoms with van der Waals surface area (Å²) in [5, 5.41) is 11.5. The van der Waals surface area contributed by atoms with Crippen molar-refractivity contribution in [3.8, 4) is 11.8 Å². The Balaban J connectivity index is 2.04. The van der Waals surface area contributed by atoms with Crippen molar-refractivity contribution in [1.82, 2.24) is 0 Å². The van der Waals surface area contributed by atoms with Crippen molar-refractivity contribution in [2.24, 2.45) is 0 Å². The Morgan fingerprint density at radius 2 is 1.96 bits per heavy atom. The molecule has 2 aromatic rings. The maximum absolute atomic E-state index is 12.2. The molecule has 2 aromatic carbocycles. The molecule has 0 aliphatic carbocycles. The van der Waals surface area contributed by atoms with E-state index in [1.165, 1.54) is 0 Å². The monoisotopic (exact) mass is 374 g/mol. The smallest absolute Gasteiger partial charge is 0.255 e. The van der Waals surface area contributed by atoms with Crippen LogP contribution in [-0.2, 0) is 4.74 Å². The lowest BCUT2D eigenvalue weighted by molar-refractivity contribution is 0.102. The maximum Gasteiger partial charge on any atom is 0.255 e. The van der Waals surface area contributed by atoms with Crippen molar-refractivity contribution < 1.29 is 14.3 Å². The van der Waals surface area contributed by atoms with Crippen LogP contribution in [0, 0.1) is 11.3 Å². The molecule has 0 aliphatic rings. The SMILES string of the molecule is COCCOc1ccc(C(=O)Nc2ccc(C#N)cc2)cc1Br. The van der Waals surface area contributed by atoms with Gasteiger partial charge in [-0.3, -0.25) is 4.79 Å². The molecule has 2 rings (SSSR count). The van der Waals surface area contributed by atoms with Crippen LogP contribution in [0.3, 0.4) is 0 Å². The number of benzene rings is 2. The average molecular weight is 375 g/mol. The fourth-order valence-corrected chi connectivity index (χ4v) is 2.32. The molecular weight excluding hydrogens is 360 g/mol. The second-order valence-electron chi connectivity index (χ2n) is 4.63. The molecule has 0 aromatic heterocycles. The number of rotatable bonds is 6. The highest BCUT2D eigenvalue weighted by Gasteiger charge is 2.10. The van der Waals surface area contributed by atoms with E-state index in [1.807, 2.05) is 6.07 Å². The number of nitriles is 1. The molecule has 1 amide bonds. The van der Waals surface area contributed by atoms with Gasteiger partial charge in [-0.05, 0) is 58.4 Å². The summed E-state index contributed by atoms with van der Waals surface area (Å²) in [7, 11) is 1.61. The van der Waals surface area contributed by atoms with Crippen LogP contribution in [0.4, 0.5) is 5.69 Å². The quantitative estimate of drug-likeness (QED) is 0.784. The number of carbonyl (C=O) groups is 1. The highest BCUT2D eigenvalue weighted by atomic mass is 79.9. The van der Waals surface area contributed by atoms with Crippen LogP contribution in [0.1, 0.15) is 15.9 Å². The van der Waals surface area contributed by atoms with Crippen LogP contribution in [0.15, 0.2) is 46.9 Å². The second-order valence-corrected chi connectivity index (χ2v) is 5.48. The van der Waals surface area contributed by atoms with E-state index < -0.39 is 0 Å². The van der Waals surface area contributed by atoms with Gasteiger partial charge in [0.15, 0.2) is 0 Å². The summed E-state index contributed by atoms with van der Waals surface area (Å²) in [6.45, 7) is 0.930. The van der Waals surface area contributed by atoms with Crippen LogP contribution in [-0.4, -0.2) is 26.2 Å². The summed E-state index contributed by atoms with van der Waals surface area (Å²) < 4.78 is 11.1. The zero-order valence-electron chi connectivity index (χ0n) is 12.5. The average Bonchev–Trinajstić information content (AvgIpc) is 2.57. The first-order chi connectivity index (χ1) is 11.1. The summed E-state index contributed by atoms with van der Waals surface area (Å²) in [6.07, 6.45) is 0. The summed E-state index contributed by atoms with van der Waals surface area (Å²) in [5.74, 6) is 0.413. The fraction of sp³-hybridized carbons (Fsp3) is 0.176. The van der Waals surface area contributed by atoms with Crippen LogP contribution >= 0.6 is 15.9 Å². The predicted molar refractivity (Wildman–Crippen MR) is 90.6 cm³/mol. The van der Waals surface area contributed by atoms with Gasteiger partial charge in [0.05, 0.1) is 22.7 Å². The van der Waals surface area contributed by atoms with Crippen molar-refractivity contribution in [3.05, 3.63) is 58.1 Å². The molecule has 0 unspecified atom stereocenters. The summed E-state index contributed by atoms with van der Waals surface area (Å²) in [5.41, 5.74) is 1.68. The zero-order chi connectivity index (χ0) is 16.7. The van der Waals surface area contributed by atoms with Gasteiger partial charge < -0.3 is 14.8 Å². The third-order valence-electron chi connectivity index (χ3n) is 3.01. The van der Waals surface area contributed by atoms with Gasteiger partial charge in [0, 0.05) is 18.4 Å². The number of amides is 1. The van der Waals surface area contributed by atoms with Gasteiger partial charge in [-0.15, -0.1) is 0 Å². The van der Waals surface area contributed by atoms with E-state index in [0.29, 0.717) is 40.3 Å². The Bertz CT molecular complexity index is 724. The number of nitrogens with zero attached hydrogens (tertiary/aromatic N) is 1. The van der Waals surface area contributed by atoms with Gasteiger partial charge in [0.25, 0.3) is 5.91 Å². The Hall–Kier alpha value is -2.36. The Morgan fingerprint density at radius 3 is 2.57 bits per heavy atom. The lowest BCUT2D eigenvalue weighted by Crippen LogP contribution is -2.12. The van der Waals surface area contributed by atoms with Crippen LogP contribution in [0.25, 0.3) is 0 Å². The molecule has 0 spiro atoms. The number of anilines is 1. The molecule has 0 heterocycles. The lowest BCUT2D eigenvalue weighted by Gasteiger charge is -2.10. The number of hydrogen-bond donors (Lipinski definition) is 1. The lowest BCUT2D eigenvalue weighted by atomic mass is 10.2. The molecule has 5 nitrogen and oxygen atoms in total. The van der Waals surface area contributed by atoms with Crippen LogP contribution in [0.2, 0.25) is 0 Å². The third-order valence-corrected chi connectivity index (χ3v) is 3.63. The minimum atomic E-state index is -0.237. The predicted octanol–water partition coefficient (Wildman–Crippen LogP) is 3.60. The van der Waals surface area contributed by atoms with Gasteiger partial charge in [-0.1, -0.05) is 0 Å². The van der Waals surface area contributed by atoms with Gasteiger partial charge >= 0.3 is 0 Å². The van der Waals surface area contributed by atoms with E-state index in [-0.39, 0.29) is 5.91 Å². The number of halogens is 1. The summed E-state index contributed by atoms with van der Waals surface area (Å²) >= 11 is 3.39. The van der Waals surface area contributed by atoms with E-state index >= 15 is 0 Å². The van der Waals surface area contributed by atoms with E-state index in [1.54, 1.807) is 49.6 Å². The summed E-state index contributed by atoms with van der Waals surface area (Å²) in [4.78, 5) is 12.2. The molecule has 1 N–H and O–H groups in total. The first-order valence-electron chi connectivity index (χ1n) is 6.87. The molecule has 23 heavy (non-hydrogen) atoms. The highest BCUT2D eigenvalue weighted by Crippen LogP contribution is 2.26. The molecule has 0 fully saturated rings. The zero-order valence-corrected chi connectivity index (χ0v) is 14.1. The second kappa shape index (κ2) is 8.32. The topological polar surface area (TPSA) is 71.3 Å². The number of ether oxygens (including phenoxy) is 2.